The zero-order chi connectivity index (χ0) is 21.8. The van der Waals surface area contributed by atoms with Gasteiger partial charge in [0.15, 0.2) is 0 Å². The molecule has 0 bridgehead atoms. The lowest BCUT2D eigenvalue weighted by Gasteiger charge is -2.70. The fraction of sp³-hybridized carbons (Fsp3) is 0.867. The Hall–Kier alpha value is -0.520. The summed E-state index contributed by atoms with van der Waals surface area (Å²) in [5.74, 6) is 2.50. The Morgan fingerprint density at radius 3 is 2.23 bits per heavy atom. The van der Waals surface area contributed by atoms with Crippen molar-refractivity contribution in [3.05, 3.63) is 23.8 Å². The number of allylic oxidation sites excluding steroid dienone is 4. The van der Waals surface area contributed by atoms with Crippen molar-refractivity contribution in [2.24, 2.45) is 50.2 Å². The fourth-order valence-electron chi connectivity index (χ4n) is 10.1. The van der Waals surface area contributed by atoms with Crippen LogP contribution in [0.3, 0.4) is 0 Å². The van der Waals surface area contributed by atoms with Crippen LogP contribution in [0.25, 0.3) is 0 Å². The van der Waals surface area contributed by atoms with Gasteiger partial charge in [-0.15, -0.1) is 0 Å². The normalized spacial score (nSPS) is 53.6. The standard InChI is InChI=1S/C30H48/c1-25(2)16-17-27(5)18-19-29(7)21(22(27)20-25)10-11-24-28(6)14-9-13-26(3,4)23(28)12-15-30(24,29)8/h9-10,13,22-24H,11-12,14-20H2,1-8H3/t22-,23-,24-,27+,28-,29+,30-/m0/s1. The van der Waals surface area contributed by atoms with Crippen LogP contribution in [0.2, 0.25) is 0 Å². The van der Waals surface area contributed by atoms with Crippen molar-refractivity contribution < 1.29 is 0 Å². The highest BCUT2D eigenvalue weighted by Gasteiger charge is 2.66. The number of hydrogen-bond donors (Lipinski definition) is 0. The van der Waals surface area contributed by atoms with Gasteiger partial charge in [0.25, 0.3) is 0 Å². The molecule has 0 heteroatoms. The van der Waals surface area contributed by atoms with E-state index in [1.54, 1.807) is 0 Å². The Morgan fingerprint density at radius 2 is 1.50 bits per heavy atom. The van der Waals surface area contributed by atoms with Gasteiger partial charge in [0.2, 0.25) is 0 Å². The van der Waals surface area contributed by atoms with E-state index in [1.807, 2.05) is 5.57 Å². The van der Waals surface area contributed by atoms with E-state index in [2.05, 4.69) is 73.6 Å². The van der Waals surface area contributed by atoms with E-state index in [4.69, 9.17) is 0 Å². The summed E-state index contributed by atoms with van der Waals surface area (Å²) in [4.78, 5) is 0. The monoisotopic (exact) mass is 408 g/mol. The second kappa shape index (κ2) is 6.08. The first kappa shape index (κ1) is 21.3. The lowest BCUT2D eigenvalue weighted by atomic mass is 9.34. The summed E-state index contributed by atoms with van der Waals surface area (Å²) >= 11 is 0. The van der Waals surface area contributed by atoms with Gasteiger partial charge in [-0.05, 0) is 108 Å². The molecule has 0 aromatic carbocycles. The Bertz CT molecular complexity index is 795. The van der Waals surface area contributed by atoms with Gasteiger partial charge in [0.1, 0.15) is 0 Å². The molecule has 5 aliphatic carbocycles. The van der Waals surface area contributed by atoms with Gasteiger partial charge in [0, 0.05) is 0 Å². The third-order valence-electron chi connectivity index (χ3n) is 12.3. The maximum Gasteiger partial charge on any atom is -0.00565 e. The van der Waals surface area contributed by atoms with Crippen molar-refractivity contribution in [3.63, 3.8) is 0 Å². The maximum absolute atomic E-state index is 2.83. The number of hydrogen-bond acceptors (Lipinski definition) is 0. The fourth-order valence-corrected chi connectivity index (χ4v) is 10.1. The molecule has 0 N–H and O–H groups in total. The molecule has 168 valence electrons. The van der Waals surface area contributed by atoms with E-state index in [-0.39, 0.29) is 0 Å². The highest BCUT2D eigenvalue weighted by molar-refractivity contribution is 5.34. The SMILES string of the molecule is CC1(C)CC[C@]2(C)CC[C@]3(C)C(=CC[C@H]4[C@@]5(C)CC=CC(C)(C)[C@@H]5CC[C@@]43C)[C@@H]2C1. The van der Waals surface area contributed by atoms with Crippen molar-refractivity contribution >= 4 is 0 Å². The molecule has 0 unspecified atom stereocenters. The van der Waals surface area contributed by atoms with Crippen LogP contribution in [0.15, 0.2) is 23.8 Å². The topological polar surface area (TPSA) is 0 Å². The molecular weight excluding hydrogens is 360 g/mol. The Morgan fingerprint density at radius 1 is 0.800 bits per heavy atom. The van der Waals surface area contributed by atoms with Gasteiger partial charge >= 0.3 is 0 Å². The molecule has 3 saturated carbocycles. The molecule has 0 aromatic heterocycles. The third kappa shape index (κ3) is 2.58. The first-order valence-corrected chi connectivity index (χ1v) is 13.2. The molecule has 30 heavy (non-hydrogen) atoms. The van der Waals surface area contributed by atoms with Crippen LogP contribution in [0.5, 0.6) is 0 Å². The van der Waals surface area contributed by atoms with Gasteiger partial charge in [-0.2, -0.15) is 0 Å². The van der Waals surface area contributed by atoms with Crippen LogP contribution < -0.4 is 0 Å². The van der Waals surface area contributed by atoms with E-state index >= 15 is 0 Å². The molecule has 0 amide bonds. The second-order valence-electron chi connectivity index (χ2n) is 14.8. The van der Waals surface area contributed by atoms with Gasteiger partial charge < -0.3 is 0 Å². The zero-order valence-electron chi connectivity index (χ0n) is 21.3. The van der Waals surface area contributed by atoms with Crippen LogP contribution in [0.1, 0.15) is 113 Å². The molecule has 0 nitrogen and oxygen atoms in total. The smallest absolute Gasteiger partial charge is 0.00565 e. The average Bonchev–Trinajstić information content (AvgIpc) is 2.63. The Balaban J connectivity index is 1.59. The van der Waals surface area contributed by atoms with Crippen molar-refractivity contribution in [2.45, 2.75) is 113 Å². The Kier molecular flexibility index (Phi) is 4.32. The van der Waals surface area contributed by atoms with E-state index in [1.165, 1.54) is 57.8 Å². The highest BCUT2D eigenvalue weighted by atomic mass is 14.7. The molecule has 7 atom stereocenters. The van der Waals surface area contributed by atoms with Crippen LogP contribution >= 0.6 is 0 Å². The lowest BCUT2D eigenvalue weighted by molar-refractivity contribution is -0.160. The molecule has 0 aromatic rings. The second-order valence-corrected chi connectivity index (χ2v) is 14.8. The third-order valence-corrected chi connectivity index (χ3v) is 12.3. The van der Waals surface area contributed by atoms with Crippen LogP contribution in [0.4, 0.5) is 0 Å². The van der Waals surface area contributed by atoms with Gasteiger partial charge in [-0.3, -0.25) is 0 Å². The van der Waals surface area contributed by atoms with E-state index < -0.39 is 0 Å². The first-order valence-electron chi connectivity index (χ1n) is 13.2. The average molecular weight is 409 g/mol. The molecule has 0 heterocycles. The highest BCUT2D eigenvalue weighted by Crippen LogP contribution is 2.75. The van der Waals surface area contributed by atoms with Crippen LogP contribution in [-0.4, -0.2) is 0 Å². The maximum atomic E-state index is 2.83. The molecular formula is C30H48. The van der Waals surface area contributed by atoms with Gasteiger partial charge in [-0.1, -0.05) is 79.2 Å². The first-order chi connectivity index (χ1) is 13.8. The quantitative estimate of drug-likeness (QED) is 0.351. The van der Waals surface area contributed by atoms with Crippen molar-refractivity contribution in [2.75, 3.05) is 0 Å². The number of fused-ring (bicyclic) bond motifs is 7. The van der Waals surface area contributed by atoms with E-state index in [9.17, 15) is 0 Å². The minimum absolute atomic E-state index is 0.359. The summed E-state index contributed by atoms with van der Waals surface area (Å²) in [6.45, 7) is 20.9. The van der Waals surface area contributed by atoms with Crippen LogP contribution in [0, 0.1) is 50.2 Å². The predicted octanol–water partition coefficient (Wildman–Crippen LogP) is 8.97. The minimum atomic E-state index is 0.359. The zero-order valence-corrected chi connectivity index (χ0v) is 21.3. The van der Waals surface area contributed by atoms with Crippen molar-refractivity contribution in [1.82, 2.24) is 0 Å². The molecule has 0 radical (unpaired) electrons. The summed E-state index contributed by atoms with van der Waals surface area (Å²) in [7, 11) is 0. The van der Waals surface area contributed by atoms with Crippen LogP contribution in [-0.2, 0) is 0 Å². The molecule has 0 saturated heterocycles. The molecule has 0 spiro atoms. The summed E-state index contributed by atoms with van der Waals surface area (Å²) in [5, 5.41) is 0. The van der Waals surface area contributed by atoms with Crippen molar-refractivity contribution in [1.29, 1.82) is 0 Å². The molecule has 0 aliphatic heterocycles. The predicted molar refractivity (Wildman–Crippen MR) is 129 cm³/mol. The summed E-state index contributed by atoms with van der Waals surface area (Å²) in [6.07, 6.45) is 20.6. The largest absolute Gasteiger partial charge is 0.0874 e. The summed E-state index contributed by atoms with van der Waals surface area (Å²) in [6, 6.07) is 0. The molecule has 5 aliphatic rings. The Labute approximate surface area is 187 Å². The van der Waals surface area contributed by atoms with Gasteiger partial charge in [-0.25, -0.2) is 0 Å². The van der Waals surface area contributed by atoms with Gasteiger partial charge in [0.05, 0.1) is 0 Å². The molecule has 3 fully saturated rings. The van der Waals surface area contributed by atoms with E-state index in [0.29, 0.717) is 32.5 Å². The summed E-state index contributed by atoms with van der Waals surface area (Å²) < 4.78 is 0. The summed E-state index contributed by atoms with van der Waals surface area (Å²) in [5.41, 5.74) is 4.68. The van der Waals surface area contributed by atoms with E-state index in [0.717, 1.165) is 17.8 Å². The van der Waals surface area contributed by atoms with Crippen molar-refractivity contribution in [3.8, 4) is 0 Å². The minimum Gasteiger partial charge on any atom is -0.0874 e. The molecule has 5 rings (SSSR count). The number of rotatable bonds is 0. The lowest BCUT2D eigenvalue weighted by Crippen LogP contribution is -2.62.